The SMILES string of the molecule is Brc1ccccc1Cc1ncccn1. The Morgan fingerprint density at radius 1 is 1.00 bits per heavy atom. The highest BCUT2D eigenvalue weighted by Gasteiger charge is 2.01. The normalized spacial score (nSPS) is 10.1. The molecule has 1 heterocycles. The number of benzene rings is 1. The molecule has 2 aromatic rings. The van der Waals surface area contributed by atoms with E-state index in [4.69, 9.17) is 0 Å². The van der Waals surface area contributed by atoms with Gasteiger partial charge in [0.1, 0.15) is 5.82 Å². The largest absolute Gasteiger partial charge is 0.241 e. The van der Waals surface area contributed by atoms with Gasteiger partial charge in [-0.05, 0) is 17.7 Å². The first-order chi connectivity index (χ1) is 6.86. The summed E-state index contributed by atoms with van der Waals surface area (Å²) in [4.78, 5) is 8.37. The van der Waals surface area contributed by atoms with Crippen molar-refractivity contribution in [2.24, 2.45) is 0 Å². The van der Waals surface area contributed by atoms with E-state index in [1.807, 2.05) is 24.3 Å². The molecule has 0 aliphatic heterocycles. The third-order valence-corrected chi connectivity index (χ3v) is 2.70. The lowest BCUT2D eigenvalue weighted by molar-refractivity contribution is 0.964. The molecule has 2 rings (SSSR count). The van der Waals surface area contributed by atoms with E-state index < -0.39 is 0 Å². The van der Waals surface area contributed by atoms with Crippen LogP contribution in [0.25, 0.3) is 0 Å². The Bertz CT molecular complexity index is 415. The molecule has 2 nitrogen and oxygen atoms in total. The van der Waals surface area contributed by atoms with Crippen molar-refractivity contribution in [2.45, 2.75) is 6.42 Å². The van der Waals surface area contributed by atoms with E-state index in [-0.39, 0.29) is 0 Å². The van der Waals surface area contributed by atoms with Gasteiger partial charge in [-0.2, -0.15) is 0 Å². The Kier molecular flexibility index (Phi) is 2.89. The molecule has 0 amide bonds. The van der Waals surface area contributed by atoms with Crippen LogP contribution < -0.4 is 0 Å². The van der Waals surface area contributed by atoms with Crippen LogP contribution in [-0.4, -0.2) is 9.97 Å². The molecule has 0 aliphatic carbocycles. The summed E-state index contributed by atoms with van der Waals surface area (Å²) in [6, 6.07) is 9.94. The Labute approximate surface area is 91.2 Å². The summed E-state index contributed by atoms with van der Waals surface area (Å²) in [5.41, 5.74) is 1.21. The molecule has 0 unspecified atom stereocenters. The summed E-state index contributed by atoms with van der Waals surface area (Å²) < 4.78 is 1.10. The Hall–Kier alpha value is -1.22. The summed E-state index contributed by atoms with van der Waals surface area (Å²) in [6.07, 6.45) is 4.29. The summed E-state index contributed by atoms with van der Waals surface area (Å²) in [6.45, 7) is 0. The second-order valence-corrected chi connectivity index (χ2v) is 3.79. The molecule has 0 N–H and O–H groups in total. The Morgan fingerprint density at radius 2 is 1.71 bits per heavy atom. The van der Waals surface area contributed by atoms with E-state index in [0.717, 1.165) is 16.7 Å². The monoisotopic (exact) mass is 248 g/mol. The first-order valence-electron chi connectivity index (χ1n) is 4.35. The second kappa shape index (κ2) is 4.33. The standard InChI is InChI=1S/C11H9BrN2/c12-10-5-2-1-4-9(10)8-11-13-6-3-7-14-11/h1-7H,8H2. The van der Waals surface area contributed by atoms with Crippen LogP contribution in [0.3, 0.4) is 0 Å². The number of aromatic nitrogens is 2. The van der Waals surface area contributed by atoms with Gasteiger partial charge in [0.05, 0.1) is 0 Å². The van der Waals surface area contributed by atoms with Gasteiger partial charge in [0.15, 0.2) is 0 Å². The quantitative estimate of drug-likeness (QED) is 0.817. The van der Waals surface area contributed by atoms with Crippen LogP contribution in [0.15, 0.2) is 47.2 Å². The van der Waals surface area contributed by atoms with Crippen LogP contribution in [0, 0.1) is 0 Å². The number of hydrogen-bond donors (Lipinski definition) is 0. The maximum Gasteiger partial charge on any atom is 0.132 e. The third kappa shape index (κ3) is 2.17. The van der Waals surface area contributed by atoms with Crippen molar-refractivity contribution in [3.05, 3.63) is 58.6 Å². The Morgan fingerprint density at radius 3 is 2.43 bits per heavy atom. The van der Waals surface area contributed by atoms with Crippen molar-refractivity contribution in [1.82, 2.24) is 9.97 Å². The minimum absolute atomic E-state index is 0.766. The highest BCUT2D eigenvalue weighted by molar-refractivity contribution is 9.10. The van der Waals surface area contributed by atoms with Crippen molar-refractivity contribution < 1.29 is 0 Å². The molecule has 0 bridgehead atoms. The van der Waals surface area contributed by atoms with Crippen LogP contribution >= 0.6 is 15.9 Å². The minimum Gasteiger partial charge on any atom is -0.241 e. The fraction of sp³-hybridized carbons (Fsp3) is 0.0909. The van der Waals surface area contributed by atoms with Crippen molar-refractivity contribution in [3.63, 3.8) is 0 Å². The van der Waals surface area contributed by atoms with Crippen LogP contribution in [0.4, 0.5) is 0 Å². The van der Waals surface area contributed by atoms with Crippen molar-refractivity contribution in [1.29, 1.82) is 0 Å². The van der Waals surface area contributed by atoms with E-state index in [0.29, 0.717) is 0 Å². The van der Waals surface area contributed by atoms with Gasteiger partial charge in [0, 0.05) is 23.3 Å². The van der Waals surface area contributed by atoms with Crippen LogP contribution in [0.1, 0.15) is 11.4 Å². The third-order valence-electron chi connectivity index (χ3n) is 1.93. The van der Waals surface area contributed by atoms with Gasteiger partial charge in [-0.3, -0.25) is 0 Å². The van der Waals surface area contributed by atoms with Gasteiger partial charge in [-0.15, -0.1) is 0 Å². The van der Waals surface area contributed by atoms with Crippen LogP contribution in [0.5, 0.6) is 0 Å². The molecular weight excluding hydrogens is 240 g/mol. The van der Waals surface area contributed by atoms with Gasteiger partial charge >= 0.3 is 0 Å². The molecule has 3 heteroatoms. The smallest absolute Gasteiger partial charge is 0.132 e. The molecule has 0 radical (unpaired) electrons. The van der Waals surface area contributed by atoms with E-state index in [1.54, 1.807) is 12.4 Å². The summed E-state index contributed by atoms with van der Waals surface area (Å²) >= 11 is 3.50. The molecule has 0 fully saturated rings. The van der Waals surface area contributed by atoms with E-state index in [2.05, 4.69) is 32.0 Å². The molecule has 0 atom stereocenters. The highest BCUT2D eigenvalue weighted by Crippen LogP contribution is 2.17. The predicted molar refractivity (Wildman–Crippen MR) is 59.0 cm³/mol. The van der Waals surface area contributed by atoms with Crippen molar-refractivity contribution in [3.8, 4) is 0 Å². The zero-order chi connectivity index (χ0) is 9.80. The second-order valence-electron chi connectivity index (χ2n) is 2.93. The number of halogens is 1. The molecule has 1 aromatic carbocycles. The molecular formula is C11H9BrN2. The first kappa shape index (κ1) is 9.34. The summed E-state index contributed by atoms with van der Waals surface area (Å²) in [7, 11) is 0. The number of hydrogen-bond acceptors (Lipinski definition) is 2. The predicted octanol–water partition coefficient (Wildman–Crippen LogP) is 2.83. The average molecular weight is 249 g/mol. The van der Waals surface area contributed by atoms with Crippen molar-refractivity contribution >= 4 is 15.9 Å². The molecule has 0 spiro atoms. The number of rotatable bonds is 2. The fourth-order valence-electron chi connectivity index (χ4n) is 1.23. The average Bonchev–Trinajstić information content (AvgIpc) is 2.23. The maximum absolute atomic E-state index is 4.18. The van der Waals surface area contributed by atoms with E-state index >= 15 is 0 Å². The summed E-state index contributed by atoms with van der Waals surface area (Å²) in [5, 5.41) is 0. The molecule has 14 heavy (non-hydrogen) atoms. The van der Waals surface area contributed by atoms with E-state index in [9.17, 15) is 0 Å². The molecule has 0 aliphatic rings. The lowest BCUT2D eigenvalue weighted by Gasteiger charge is -2.01. The topological polar surface area (TPSA) is 25.8 Å². The zero-order valence-corrected chi connectivity index (χ0v) is 9.11. The molecule has 1 aromatic heterocycles. The molecule has 70 valence electrons. The lowest BCUT2D eigenvalue weighted by atomic mass is 10.1. The first-order valence-corrected chi connectivity index (χ1v) is 5.15. The van der Waals surface area contributed by atoms with E-state index in [1.165, 1.54) is 5.56 Å². The van der Waals surface area contributed by atoms with Gasteiger partial charge < -0.3 is 0 Å². The summed E-state index contributed by atoms with van der Waals surface area (Å²) in [5.74, 6) is 0.847. The van der Waals surface area contributed by atoms with Crippen LogP contribution in [-0.2, 0) is 6.42 Å². The van der Waals surface area contributed by atoms with Crippen LogP contribution in [0.2, 0.25) is 0 Å². The Balaban J connectivity index is 2.24. The molecule has 0 saturated carbocycles. The van der Waals surface area contributed by atoms with Gasteiger partial charge in [0.2, 0.25) is 0 Å². The number of nitrogens with zero attached hydrogens (tertiary/aromatic N) is 2. The highest BCUT2D eigenvalue weighted by atomic mass is 79.9. The maximum atomic E-state index is 4.18. The molecule has 0 saturated heterocycles. The zero-order valence-electron chi connectivity index (χ0n) is 7.52. The van der Waals surface area contributed by atoms with Gasteiger partial charge in [0.25, 0.3) is 0 Å². The fourth-order valence-corrected chi connectivity index (χ4v) is 1.66. The van der Waals surface area contributed by atoms with Gasteiger partial charge in [-0.25, -0.2) is 9.97 Å². The van der Waals surface area contributed by atoms with Crippen molar-refractivity contribution in [2.75, 3.05) is 0 Å². The minimum atomic E-state index is 0.766. The van der Waals surface area contributed by atoms with Gasteiger partial charge in [-0.1, -0.05) is 34.1 Å². The lowest BCUT2D eigenvalue weighted by Crippen LogP contribution is -1.95.